The molecule has 0 spiro atoms. The number of carbonyl (C=O) groups is 1. The highest BCUT2D eigenvalue weighted by Crippen LogP contribution is 2.39. The Hall–Kier alpha value is -5.20. The minimum absolute atomic E-state index is 0.00835. The minimum Gasteiger partial charge on any atom is -0.455 e. The average Bonchev–Trinajstić information content (AvgIpc) is 3.77. The van der Waals surface area contributed by atoms with Crippen molar-refractivity contribution in [3.05, 3.63) is 122 Å². The number of fused-ring (bicyclic) bond motifs is 1. The number of nitrogens with zero attached hydrogens (tertiary/aromatic N) is 4. The number of aromatic amines is 1. The Balaban J connectivity index is 0.917. The number of H-pyrrole nitrogens is 1. The van der Waals surface area contributed by atoms with Crippen LogP contribution in [0.5, 0.6) is 11.5 Å². The highest BCUT2D eigenvalue weighted by Gasteiger charge is 2.32. The molecule has 18 heteroatoms. The van der Waals surface area contributed by atoms with Gasteiger partial charge in [0, 0.05) is 104 Å². The molecule has 2 saturated heterocycles. The molecule has 0 bridgehead atoms. The van der Waals surface area contributed by atoms with Crippen molar-refractivity contribution in [3.8, 4) is 11.5 Å². The summed E-state index contributed by atoms with van der Waals surface area (Å²) in [5.41, 5.74) is 4.70. The van der Waals surface area contributed by atoms with Crippen molar-refractivity contribution in [2.75, 3.05) is 75.9 Å². The normalized spacial score (nSPS) is 20.7. The summed E-state index contributed by atoms with van der Waals surface area (Å²) in [5.74, 6) is -0.628. The molecule has 0 atom stereocenters. The Kier molecular flexibility index (Phi) is 13.9. The Morgan fingerprint density at radius 2 is 1.66 bits per heavy atom. The number of anilines is 2. The van der Waals surface area contributed by atoms with Crippen LogP contribution < -0.4 is 19.7 Å². The number of aromatic nitrogens is 1. The Morgan fingerprint density at radius 1 is 0.910 bits per heavy atom. The third-order valence-corrected chi connectivity index (χ3v) is 15.2. The van der Waals surface area contributed by atoms with Crippen molar-refractivity contribution >= 4 is 72.7 Å². The molecule has 3 N–H and O–H groups in total. The SMILES string of the molecule is CC1(C)CC(c2ccc(Cl)cc2)=C(CN2CCN(c3ccc(C(=O)NS(=O)(=O)c4ccc(N[C@H]5CC[C@H](N6CCOCC6)CC5)c([N+](=O)[O-])c4)c(Oc4cc5cc[nH]c5cc4Cl)c3)CC2)CO1. The van der Waals surface area contributed by atoms with E-state index in [1.165, 1.54) is 29.3 Å². The van der Waals surface area contributed by atoms with Crippen molar-refractivity contribution in [2.24, 2.45) is 0 Å². The van der Waals surface area contributed by atoms with Crippen molar-refractivity contribution in [3.63, 3.8) is 0 Å². The third-order valence-electron chi connectivity index (χ3n) is 13.4. The molecule has 354 valence electrons. The van der Waals surface area contributed by atoms with E-state index in [-0.39, 0.29) is 39.4 Å². The van der Waals surface area contributed by atoms with Crippen LogP contribution in [-0.2, 0) is 19.5 Å². The van der Waals surface area contributed by atoms with Gasteiger partial charge >= 0.3 is 0 Å². The van der Waals surface area contributed by atoms with E-state index in [1.54, 1.807) is 30.5 Å². The fraction of sp³-hybridized carbons (Fsp3) is 0.408. The van der Waals surface area contributed by atoms with Crippen molar-refractivity contribution in [2.45, 2.75) is 68.5 Å². The number of rotatable bonds is 13. The number of amides is 1. The van der Waals surface area contributed by atoms with Gasteiger partial charge in [-0.05, 0) is 111 Å². The van der Waals surface area contributed by atoms with E-state index in [1.807, 2.05) is 18.2 Å². The predicted octanol–water partition coefficient (Wildman–Crippen LogP) is 9.12. The van der Waals surface area contributed by atoms with E-state index in [2.05, 4.69) is 55.7 Å². The van der Waals surface area contributed by atoms with Crippen LogP contribution in [0.15, 0.2) is 95.5 Å². The molecule has 4 heterocycles. The highest BCUT2D eigenvalue weighted by molar-refractivity contribution is 7.90. The molecule has 0 radical (unpaired) electrons. The number of nitro groups is 1. The van der Waals surface area contributed by atoms with Gasteiger partial charge in [0.25, 0.3) is 21.6 Å². The quantitative estimate of drug-likeness (QED) is 0.0756. The average molecular weight is 973 g/mol. The number of carbonyl (C=O) groups excluding carboxylic acids is 1. The topological polar surface area (TPSA) is 172 Å². The molecule has 1 aliphatic carbocycles. The second-order valence-electron chi connectivity index (χ2n) is 18.4. The van der Waals surface area contributed by atoms with Gasteiger partial charge in [-0.1, -0.05) is 35.3 Å². The molecule has 4 aromatic carbocycles. The van der Waals surface area contributed by atoms with Crippen LogP contribution in [0.1, 0.15) is 61.9 Å². The predicted molar refractivity (Wildman–Crippen MR) is 261 cm³/mol. The standard InChI is InChI=1S/C49H55Cl2N7O8S/c1-49(2)29-41(32-3-5-35(50)6-4-32)34(31-65-49)30-55-17-19-56(20-18-55)38-11-13-40(46(26-38)66-47-25-33-15-16-52-44(33)28-42(47)51)48(59)54-67(62,63)39-12-14-43(45(27-39)58(60)61)53-36-7-9-37(10-8-36)57-21-23-64-24-22-57/h3-6,11-16,25-28,36-37,52-53H,7-10,17-24,29-31H2,1-2H3,(H,54,59)/t36-,37-. The van der Waals surface area contributed by atoms with Crippen LogP contribution in [0.3, 0.4) is 0 Å². The van der Waals surface area contributed by atoms with E-state index in [0.717, 1.165) is 106 Å². The molecule has 4 aliphatic rings. The first-order valence-electron chi connectivity index (χ1n) is 22.8. The van der Waals surface area contributed by atoms with E-state index < -0.39 is 31.4 Å². The van der Waals surface area contributed by atoms with Crippen LogP contribution >= 0.6 is 23.2 Å². The smallest absolute Gasteiger partial charge is 0.293 e. The van der Waals surface area contributed by atoms with Crippen molar-refractivity contribution in [1.29, 1.82) is 0 Å². The van der Waals surface area contributed by atoms with E-state index in [0.29, 0.717) is 30.8 Å². The number of halogens is 2. The highest BCUT2D eigenvalue weighted by atomic mass is 35.5. The first kappa shape index (κ1) is 46.9. The van der Waals surface area contributed by atoms with Crippen LogP contribution in [0.25, 0.3) is 16.5 Å². The van der Waals surface area contributed by atoms with E-state index >= 15 is 0 Å². The molecular weight excluding hydrogens is 918 g/mol. The summed E-state index contributed by atoms with van der Waals surface area (Å²) >= 11 is 12.9. The summed E-state index contributed by atoms with van der Waals surface area (Å²) < 4.78 is 48.1. The number of morpholine rings is 1. The van der Waals surface area contributed by atoms with Gasteiger partial charge < -0.3 is 29.4 Å². The van der Waals surface area contributed by atoms with Gasteiger partial charge in [-0.15, -0.1) is 0 Å². The molecule has 3 fully saturated rings. The van der Waals surface area contributed by atoms with Gasteiger partial charge in [0.05, 0.1) is 45.8 Å². The summed E-state index contributed by atoms with van der Waals surface area (Å²) in [7, 11) is -4.60. The zero-order valence-electron chi connectivity index (χ0n) is 37.6. The maximum atomic E-state index is 14.1. The largest absolute Gasteiger partial charge is 0.455 e. The number of hydrogen-bond acceptors (Lipinski definition) is 12. The minimum atomic E-state index is -4.60. The maximum absolute atomic E-state index is 14.1. The lowest BCUT2D eigenvalue weighted by atomic mass is 9.87. The molecule has 15 nitrogen and oxygen atoms in total. The Morgan fingerprint density at radius 3 is 2.39 bits per heavy atom. The number of piperazine rings is 1. The molecular formula is C49H55Cl2N7O8S. The molecule has 5 aromatic rings. The van der Waals surface area contributed by atoms with E-state index in [9.17, 15) is 23.3 Å². The maximum Gasteiger partial charge on any atom is 0.293 e. The molecule has 9 rings (SSSR count). The first-order valence-corrected chi connectivity index (χ1v) is 25.0. The number of sulfonamides is 1. The van der Waals surface area contributed by atoms with Gasteiger partial charge in [-0.25, -0.2) is 13.1 Å². The second kappa shape index (κ2) is 19.8. The summed E-state index contributed by atoms with van der Waals surface area (Å²) in [6.07, 6.45) is 6.09. The lowest BCUT2D eigenvalue weighted by Gasteiger charge is -2.39. The zero-order valence-corrected chi connectivity index (χ0v) is 39.9. The Bertz CT molecular complexity index is 2780. The fourth-order valence-corrected chi connectivity index (χ4v) is 11.0. The lowest BCUT2D eigenvalue weighted by molar-refractivity contribution is -0.384. The molecule has 3 aliphatic heterocycles. The third kappa shape index (κ3) is 10.9. The zero-order chi connectivity index (χ0) is 46.9. The molecule has 1 saturated carbocycles. The molecule has 67 heavy (non-hydrogen) atoms. The molecule has 0 unspecified atom stereocenters. The number of nitro benzene ring substituents is 1. The second-order valence-corrected chi connectivity index (χ2v) is 20.9. The van der Waals surface area contributed by atoms with Gasteiger partial charge in [0.1, 0.15) is 17.2 Å². The molecule has 1 aromatic heterocycles. The van der Waals surface area contributed by atoms with Crippen LogP contribution in [-0.4, -0.2) is 117 Å². The van der Waals surface area contributed by atoms with Gasteiger partial charge in [-0.3, -0.25) is 24.7 Å². The van der Waals surface area contributed by atoms with E-state index in [4.69, 9.17) is 37.4 Å². The first-order chi connectivity index (χ1) is 32.2. The molecule has 1 amide bonds. The Labute approximate surface area is 400 Å². The van der Waals surface area contributed by atoms with Gasteiger partial charge in [0.2, 0.25) is 0 Å². The number of nitrogens with one attached hydrogen (secondary N) is 3. The summed E-state index contributed by atoms with van der Waals surface area (Å²) in [6.45, 7) is 11.6. The van der Waals surface area contributed by atoms with Gasteiger partial charge in [0.15, 0.2) is 0 Å². The van der Waals surface area contributed by atoms with Gasteiger partial charge in [-0.2, -0.15) is 0 Å². The van der Waals surface area contributed by atoms with Crippen molar-refractivity contribution in [1.82, 2.24) is 19.5 Å². The number of hydrogen-bond donors (Lipinski definition) is 3. The van der Waals surface area contributed by atoms with Crippen molar-refractivity contribution < 1.29 is 32.3 Å². The number of benzene rings is 4. The van der Waals surface area contributed by atoms with Crippen LogP contribution in [0, 0.1) is 10.1 Å². The summed E-state index contributed by atoms with van der Waals surface area (Å²) in [4.78, 5) is 35.6. The summed E-state index contributed by atoms with van der Waals surface area (Å²) in [5, 5.41) is 17.4. The fourth-order valence-electron chi connectivity index (χ4n) is 9.67. The monoisotopic (exact) mass is 971 g/mol. The van der Waals surface area contributed by atoms with Crippen LogP contribution in [0.2, 0.25) is 10.0 Å². The lowest BCUT2D eigenvalue weighted by Crippen LogP contribution is -2.47. The number of ether oxygens (including phenoxy) is 3. The van der Waals surface area contributed by atoms with Crippen LogP contribution in [0.4, 0.5) is 17.1 Å². The summed E-state index contributed by atoms with van der Waals surface area (Å²) in [6, 6.07) is 22.4.